The zero-order chi connectivity index (χ0) is 41.5. The van der Waals surface area contributed by atoms with Crippen LogP contribution in [0.15, 0.2) is 53.5 Å². The molecule has 4 aromatic rings. The second-order valence-electron chi connectivity index (χ2n) is 17.5. The molecule has 0 bridgehead atoms. The molecule has 2 aromatic carbocycles. The number of rotatable bonds is 13. The average Bonchev–Trinajstić information content (AvgIpc) is 3.73. The fraction of sp³-hybridized carbons (Fsp3) is 0.578. The zero-order valence-corrected chi connectivity index (χ0v) is 35.5. The number of H-pyrrole nitrogens is 2. The number of quaternary nitrogens is 1. The van der Waals surface area contributed by atoms with E-state index in [1.165, 1.54) is 12.8 Å². The van der Waals surface area contributed by atoms with E-state index in [2.05, 4.69) is 45.4 Å². The van der Waals surface area contributed by atoms with Gasteiger partial charge in [0.15, 0.2) is 0 Å². The Morgan fingerprint density at radius 2 is 1.69 bits per heavy atom. The third kappa shape index (κ3) is 10.3. The maximum atomic E-state index is 14.4. The molecule has 14 nitrogen and oxygen atoms in total. The average molecular weight is 811 g/mol. The topological polar surface area (TPSA) is 147 Å². The quantitative estimate of drug-likeness (QED) is 0.118. The lowest BCUT2D eigenvalue weighted by Crippen LogP contribution is -2.60. The number of carbonyl (C=O) groups is 3. The van der Waals surface area contributed by atoms with E-state index in [0.717, 1.165) is 101 Å². The minimum atomic E-state index is -0.732. The molecule has 1 atom stereocenters. The van der Waals surface area contributed by atoms with Gasteiger partial charge in [0, 0.05) is 94.6 Å². The molecular weight excluding hydrogens is 747 g/mol. The monoisotopic (exact) mass is 811 g/mol. The number of aryl methyl sites for hydroxylation is 1. The highest BCUT2D eigenvalue weighted by Gasteiger charge is 2.37. The number of ether oxygens (including phenoxy) is 1. The Balaban J connectivity index is 0.934. The molecule has 1 unspecified atom stereocenters. The molecule has 3 aliphatic heterocycles. The van der Waals surface area contributed by atoms with E-state index in [4.69, 9.17) is 4.74 Å². The largest absolute Gasteiger partial charge is 0.413 e. The van der Waals surface area contributed by atoms with Crippen molar-refractivity contribution in [3.8, 4) is 0 Å². The number of hydrogen-bond acceptors (Lipinski definition) is 7. The van der Waals surface area contributed by atoms with Crippen LogP contribution in [0.2, 0.25) is 0 Å². The third-order valence-electron chi connectivity index (χ3n) is 13.2. The lowest BCUT2D eigenvalue weighted by atomic mass is 9.89. The Hall–Kier alpha value is -4.95. The van der Waals surface area contributed by atoms with Crippen LogP contribution >= 0.6 is 0 Å². The summed E-state index contributed by atoms with van der Waals surface area (Å²) in [5, 5.41) is 12.4. The molecule has 7 rings (SSSR count). The highest BCUT2D eigenvalue weighted by Crippen LogP contribution is 2.28. The van der Waals surface area contributed by atoms with Gasteiger partial charge < -0.3 is 29.7 Å². The van der Waals surface area contributed by atoms with E-state index in [0.29, 0.717) is 58.2 Å². The summed E-state index contributed by atoms with van der Waals surface area (Å²) in [5.41, 5.74) is 4.49. The number of pyridine rings is 1. The summed E-state index contributed by atoms with van der Waals surface area (Å²) < 4.78 is 6.49. The number of para-hydroxylation sites is 1. The summed E-state index contributed by atoms with van der Waals surface area (Å²) in [5.74, 6) is -0.0114. The van der Waals surface area contributed by atoms with Crippen LogP contribution in [0.25, 0.3) is 21.8 Å². The van der Waals surface area contributed by atoms with Gasteiger partial charge in [-0.2, -0.15) is 5.10 Å². The fourth-order valence-corrected chi connectivity index (χ4v) is 9.36. The Labute approximate surface area is 347 Å². The van der Waals surface area contributed by atoms with Gasteiger partial charge in [-0.05, 0) is 66.8 Å². The molecule has 0 aliphatic carbocycles. The Kier molecular flexibility index (Phi) is 13.6. The first-order valence-electron chi connectivity index (χ1n) is 21.8. The molecular formula is C45H64N9O5+. The van der Waals surface area contributed by atoms with Crippen LogP contribution in [-0.4, -0.2) is 149 Å². The molecule has 3 N–H and O–H groups in total. The van der Waals surface area contributed by atoms with Crippen molar-refractivity contribution in [1.82, 2.24) is 40.1 Å². The van der Waals surface area contributed by atoms with Gasteiger partial charge in [-0.3, -0.25) is 24.1 Å². The molecule has 2 aromatic heterocycles. The number of piperazine rings is 1. The van der Waals surface area contributed by atoms with Crippen LogP contribution in [0.5, 0.6) is 0 Å². The second-order valence-corrected chi connectivity index (χ2v) is 17.5. The number of aromatic amines is 2. The van der Waals surface area contributed by atoms with Gasteiger partial charge in [0.2, 0.25) is 12.6 Å². The van der Waals surface area contributed by atoms with E-state index in [-0.39, 0.29) is 29.5 Å². The fourth-order valence-electron chi connectivity index (χ4n) is 9.36. The van der Waals surface area contributed by atoms with Crippen molar-refractivity contribution in [1.29, 1.82) is 0 Å². The standard InChI is InChI=1S/C45H63N9O5/c1-5-6-7-10-17-50(3)45(58)59-31-54(4)24-15-37(16-25-54)51-20-22-52(23-21-51)43(56)40(28-33-26-32(2)41-36(27-33)30-46-49-41)48-44(57)53-18-13-34(14-19-53)38-29-35-11-8-9-12-39(35)47-42(38)55/h8-9,11-12,26-27,29-30,34,37,40H,5-7,10,13-25,28,31H2,1-4H3,(H2-,46,47,48,49,55,57)/p+1. The van der Waals surface area contributed by atoms with Crippen molar-refractivity contribution in [3.05, 3.63) is 75.7 Å². The summed E-state index contributed by atoms with van der Waals surface area (Å²) in [6.07, 6.45) is 9.77. The van der Waals surface area contributed by atoms with Crippen LogP contribution in [0.3, 0.4) is 0 Å². The summed E-state index contributed by atoms with van der Waals surface area (Å²) in [4.78, 5) is 64.9. The Morgan fingerprint density at radius 3 is 2.44 bits per heavy atom. The molecule has 0 saturated carbocycles. The van der Waals surface area contributed by atoms with Crippen LogP contribution in [-0.2, 0) is 16.0 Å². The summed E-state index contributed by atoms with van der Waals surface area (Å²) in [6.45, 7) is 10.9. The van der Waals surface area contributed by atoms with E-state index < -0.39 is 6.04 Å². The number of likely N-dealkylation sites (tertiary alicyclic amines) is 2. The first-order valence-corrected chi connectivity index (χ1v) is 21.8. The number of carbonyl (C=O) groups excluding carboxylic acids is 3. The van der Waals surface area contributed by atoms with Crippen molar-refractivity contribution in [2.75, 3.05) is 79.7 Å². The Bertz CT molecular complexity index is 2130. The van der Waals surface area contributed by atoms with Crippen LogP contribution < -0.4 is 10.9 Å². The number of benzene rings is 2. The maximum Gasteiger partial charge on any atom is 0.413 e. The minimum absolute atomic E-state index is 0.0529. The molecule has 3 fully saturated rings. The Morgan fingerprint density at radius 1 is 0.949 bits per heavy atom. The van der Waals surface area contributed by atoms with E-state index in [1.807, 2.05) is 55.3 Å². The maximum absolute atomic E-state index is 14.4. The predicted molar refractivity (Wildman–Crippen MR) is 230 cm³/mol. The number of nitrogens with zero attached hydrogens (tertiary/aromatic N) is 6. The van der Waals surface area contributed by atoms with E-state index >= 15 is 0 Å². The van der Waals surface area contributed by atoms with Crippen molar-refractivity contribution < 1.29 is 23.6 Å². The van der Waals surface area contributed by atoms with E-state index in [1.54, 1.807) is 16.0 Å². The number of fused-ring (bicyclic) bond motifs is 2. The van der Waals surface area contributed by atoms with Gasteiger partial charge in [-0.1, -0.05) is 50.5 Å². The van der Waals surface area contributed by atoms with Gasteiger partial charge >= 0.3 is 12.1 Å². The highest BCUT2D eigenvalue weighted by atomic mass is 16.6. The van der Waals surface area contributed by atoms with Crippen molar-refractivity contribution in [2.45, 2.75) is 89.6 Å². The number of amides is 4. The molecule has 318 valence electrons. The van der Waals surface area contributed by atoms with Gasteiger partial charge in [-0.15, -0.1) is 0 Å². The lowest BCUT2D eigenvalue weighted by molar-refractivity contribution is -0.930. The van der Waals surface area contributed by atoms with Gasteiger partial charge in [-0.25, -0.2) is 9.59 Å². The van der Waals surface area contributed by atoms with Crippen LogP contribution in [0.4, 0.5) is 9.59 Å². The normalized spacial score (nSPS) is 21.1. The third-order valence-corrected chi connectivity index (χ3v) is 13.2. The van der Waals surface area contributed by atoms with Crippen molar-refractivity contribution in [3.63, 3.8) is 0 Å². The first kappa shape index (κ1) is 42.2. The number of piperidine rings is 2. The van der Waals surface area contributed by atoms with Crippen LogP contribution in [0.1, 0.15) is 80.9 Å². The van der Waals surface area contributed by atoms with Gasteiger partial charge in [0.1, 0.15) is 6.04 Å². The molecule has 59 heavy (non-hydrogen) atoms. The molecule has 0 radical (unpaired) electrons. The molecule has 14 heteroatoms. The van der Waals surface area contributed by atoms with Gasteiger partial charge in [0.25, 0.3) is 5.56 Å². The molecule has 0 spiro atoms. The number of urea groups is 1. The van der Waals surface area contributed by atoms with Crippen molar-refractivity contribution in [2.24, 2.45) is 0 Å². The summed E-state index contributed by atoms with van der Waals surface area (Å²) in [7, 11) is 4.00. The SMILES string of the molecule is CCCCCCN(C)C(=O)OC[N+]1(C)CCC(N2CCN(C(=O)C(Cc3cc(C)c4[nH]ncc4c3)NC(=O)N3CCC(c4cc5ccccc5[nH]c4=O)CC3)CC2)CC1. The first-order chi connectivity index (χ1) is 28.5. The predicted octanol–water partition coefficient (Wildman–Crippen LogP) is 5.57. The zero-order valence-electron chi connectivity index (χ0n) is 35.5. The van der Waals surface area contributed by atoms with Crippen molar-refractivity contribution >= 4 is 39.8 Å². The molecule has 5 heterocycles. The summed E-state index contributed by atoms with van der Waals surface area (Å²) in [6, 6.07) is 13.3. The van der Waals surface area contributed by atoms with E-state index in [9.17, 15) is 19.2 Å². The number of unbranched alkanes of at least 4 members (excludes halogenated alkanes) is 3. The lowest BCUT2D eigenvalue weighted by Gasteiger charge is -2.45. The number of aromatic nitrogens is 3. The minimum Gasteiger partial charge on any atom is -0.399 e. The highest BCUT2D eigenvalue weighted by molar-refractivity contribution is 5.88. The molecule has 4 amide bonds. The number of hydrogen-bond donors (Lipinski definition) is 3. The summed E-state index contributed by atoms with van der Waals surface area (Å²) >= 11 is 0. The smallest absolute Gasteiger partial charge is 0.399 e. The molecule has 3 aliphatic rings. The van der Waals surface area contributed by atoms with Crippen LogP contribution in [0, 0.1) is 6.92 Å². The second kappa shape index (κ2) is 19.0. The van der Waals surface area contributed by atoms with Gasteiger partial charge in [0.05, 0.1) is 31.9 Å². The number of nitrogens with one attached hydrogen (secondary N) is 3. The molecule has 3 saturated heterocycles.